The van der Waals surface area contributed by atoms with Gasteiger partial charge in [-0.15, -0.1) is 0 Å². The number of carbonyl (C=O) groups is 2. The second-order valence-corrected chi connectivity index (χ2v) is 9.75. The van der Waals surface area contributed by atoms with E-state index in [1.807, 2.05) is 30.3 Å². The van der Waals surface area contributed by atoms with E-state index in [9.17, 15) is 9.59 Å². The minimum Gasteiger partial charge on any atom is -0.369 e. The molecule has 3 N–H and O–H groups in total. The molecule has 1 aliphatic heterocycles. The van der Waals surface area contributed by atoms with E-state index in [1.165, 1.54) is 23.3 Å². The number of nitrogens with two attached hydrogens (primary N) is 1. The fraction of sp³-hybridized carbons (Fsp3) is 0.577. The summed E-state index contributed by atoms with van der Waals surface area (Å²) in [7, 11) is 1.73. The molecule has 1 fully saturated rings. The highest BCUT2D eigenvalue weighted by Crippen LogP contribution is 2.39. The summed E-state index contributed by atoms with van der Waals surface area (Å²) in [5.74, 6) is 0.686. The number of carbonyl (C=O) groups excluding carboxylic acids is 2. The van der Waals surface area contributed by atoms with Gasteiger partial charge < -0.3 is 11.1 Å². The van der Waals surface area contributed by atoms with Crippen LogP contribution in [-0.2, 0) is 4.79 Å². The van der Waals surface area contributed by atoms with Crippen molar-refractivity contribution >= 4 is 17.8 Å². The van der Waals surface area contributed by atoms with E-state index in [4.69, 9.17) is 10.7 Å². The first-order valence-corrected chi connectivity index (χ1v) is 12.1. The molecular weight excluding hydrogens is 400 g/mol. The fourth-order valence-electron chi connectivity index (χ4n) is 5.60. The summed E-state index contributed by atoms with van der Waals surface area (Å²) in [5, 5.41) is 3.21. The summed E-state index contributed by atoms with van der Waals surface area (Å²) in [6.45, 7) is 0. The summed E-state index contributed by atoms with van der Waals surface area (Å²) in [6.07, 6.45) is 13.5. The minimum atomic E-state index is -0.757. The normalized spacial score (nSPS) is 28.3. The van der Waals surface area contributed by atoms with Gasteiger partial charge in [0.2, 0.25) is 0 Å². The van der Waals surface area contributed by atoms with Gasteiger partial charge in [0.05, 0.1) is 0 Å². The molecule has 0 spiro atoms. The molecule has 0 saturated heterocycles. The molecule has 3 aliphatic rings. The van der Waals surface area contributed by atoms with E-state index >= 15 is 0 Å². The predicted octanol–water partition coefficient (Wildman–Crippen LogP) is 4.17. The number of amides is 2. The maximum absolute atomic E-state index is 13.3. The Balaban J connectivity index is 1.43. The number of hydrogen-bond acceptors (Lipinski definition) is 4. The van der Waals surface area contributed by atoms with Gasteiger partial charge in [-0.25, -0.2) is 4.99 Å². The van der Waals surface area contributed by atoms with Crippen molar-refractivity contribution in [3.63, 3.8) is 0 Å². The van der Waals surface area contributed by atoms with Crippen molar-refractivity contribution in [1.29, 1.82) is 0 Å². The highest BCUT2D eigenvalue weighted by molar-refractivity contribution is 6.06. The second-order valence-electron chi connectivity index (χ2n) is 9.75. The second kappa shape index (κ2) is 9.88. The largest absolute Gasteiger partial charge is 0.369 e. The zero-order valence-corrected chi connectivity index (χ0v) is 19.2. The van der Waals surface area contributed by atoms with Gasteiger partial charge in [-0.05, 0) is 75.8 Å². The van der Waals surface area contributed by atoms with Gasteiger partial charge in [-0.2, -0.15) is 0 Å². The number of guanidine groups is 1. The molecule has 4 rings (SSSR count). The van der Waals surface area contributed by atoms with Crippen molar-refractivity contribution in [1.82, 2.24) is 10.2 Å². The molecule has 1 saturated carbocycles. The lowest BCUT2D eigenvalue weighted by Crippen LogP contribution is -2.45. The zero-order valence-electron chi connectivity index (χ0n) is 19.2. The van der Waals surface area contributed by atoms with Crippen LogP contribution in [-0.4, -0.2) is 41.3 Å². The topological polar surface area (TPSA) is 87.8 Å². The van der Waals surface area contributed by atoms with Crippen LogP contribution in [0.25, 0.3) is 0 Å². The highest BCUT2D eigenvalue weighted by atomic mass is 16.2. The van der Waals surface area contributed by atoms with Gasteiger partial charge in [-0.3, -0.25) is 14.5 Å². The van der Waals surface area contributed by atoms with E-state index in [1.54, 1.807) is 7.05 Å². The van der Waals surface area contributed by atoms with Crippen molar-refractivity contribution in [3.8, 4) is 0 Å². The Morgan fingerprint density at radius 1 is 1.22 bits per heavy atom. The van der Waals surface area contributed by atoms with E-state index in [0.29, 0.717) is 23.9 Å². The van der Waals surface area contributed by atoms with Crippen LogP contribution in [0.3, 0.4) is 0 Å². The molecule has 1 heterocycles. The molecule has 3 atom stereocenters. The number of benzene rings is 1. The van der Waals surface area contributed by atoms with Crippen molar-refractivity contribution in [3.05, 3.63) is 47.5 Å². The molecule has 0 bridgehead atoms. The molecule has 32 heavy (non-hydrogen) atoms. The SMILES string of the molecule is CN1C(=O)[C@@](CCC2=CCCCC2)(C[C@H]2CCC[C@@H](NC(=O)c3ccccc3)C2)N=C1N. The van der Waals surface area contributed by atoms with Gasteiger partial charge in [0.25, 0.3) is 11.8 Å². The van der Waals surface area contributed by atoms with Crippen molar-refractivity contribution in [2.45, 2.75) is 82.2 Å². The lowest BCUT2D eigenvalue weighted by atomic mass is 9.75. The molecule has 0 radical (unpaired) electrons. The molecule has 172 valence electrons. The third-order valence-electron chi connectivity index (χ3n) is 7.40. The number of nitrogens with one attached hydrogen (secondary N) is 1. The average Bonchev–Trinajstić information content (AvgIpc) is 3.03. The first kappa shape index (κ1) is 22.6. The molecule has 1 aromatic rings. The third kappa shape index (κ3) is 5.05. The molecular formula is C26H36N4O2. The van der Waals surface area contributed by atoms with E-state index in [2.05, 4.69) is 11.4 Å². The number of allylic oxidation sites excluding steroid dienone is 2. The quantitative estimate of drug-likeness (QED) is 0.629. The van der Waals surface area contributed by atoms with Gasteiger partial charge >= 0.3 is 0 Å². The van der Waals surface area contributed by atoms with E-state index < -0.39 is 5.54 Å². The Labute approximate surface area is 191 Å². The van der Waals surface area contributed by atoms with Gasteiger partial charge in [-0.1, -0.05) is 42.7 Å². The van der Waals surface area contributed by atoms with Crippen LogP contribution in [0.1, 0.15) is 81.0 Å². The summed E-state index contributed by atoms with van der Waals surface area (Å²) >= 11 is 0. The standard InChI is InChI=1S/C26H36N4O2/c1-30-24(32)26(29-25(30)27,16-15-19-9-4-2-5-10-19)18-20-11-8-14-22(17-20)28-23(31)21-12-6-3-7-13-21/h3,6-7,9,12-13,20,22H,2,4-5,8,10-11,14-18H2,1H3,(H2,27,29)(H,28,31)/t20-,22+,26+/m0/s1. The van der Waals surface area contributed by atoms with Crippen molar-refractivity contribution in [2.24, 2.45) is 16.6 Å². The highest BCUT2D eigenvalue weighted by Gasteiger charge is 2.47. The van der Waals surface area contributed by atoms with E-state index in [0.717, 1.165) is 51.4 Å². The van der Waals surface area contributed by atoms with Crippen molar-refractivity contribution in [2.75, 3.05) is 7.05 Å². The Hall–Kier alpha value is -2.63. The van der Waals surface area contributed by atoms with Gasteiger partial charge in [0, 0.05) is 18.7 Å². The average molecular weight is 437 g/mol. The number of nitrogens with zero attached hydrogens (tertiary/aromatic N) is 2. The van der Waals surface area contributed by atoms with Crippen LogP contribution in [0.4, 0.5) is 0 Å². The summed E-state index contributed by atoms with van der Waals surface area (Å²) in [6, 6.07) is 9.50. The minimum absolute atomic E-state index is 0.0193. The zero-order chi connectivity index (χ0) is 22.6. The van der Waals surface area contributed by atoms with Crippen LogP contribution in [0.2, 0.25) is 0 Å². The number of likely N-dealkylation sites (N-methyl/N-ethyl adjacent to an activating group) is 1. The van der Waals surface area contributed by atoms with Crippen LogP contribution in [0.5, 0.6) is 0 Å². The first-order valence-electron chi connectivity index (χ1n) is 12.1. The molecule has 6 heteroatoms. The predicted molar refractivity (Wildman–Crippen MR) is 127 cm³/mol. The monoisotopic (exact) mass is 436 g/mol. The molecule has 1 aromatic carbocycles. The number of aliphatic imine (C=N–C) groups is 1. The summed E-state index contributed by atoms with van der Waals surface area (Å²) in [5.41, 5.74) is 7.50. The summed E-state index contributed by atoms with van der Waals surface area (Å²) in [4.78, 5) is 32.2. The Bertz CT molecular complexity index is 894. The number of hydrogen-bond donors (Lipinski definition) is 2. The number of rotatable bonds is 7. The molecule has 2 amide bonds. The molecule has 0 unspecified atom stereocenters. The van der Waals surface area contributed by atoms with Crippen LogP contribution in [0, 0.1) is 5.92 Å². The maximum atomic E-state index is 13.3. The van der Waals surface area contributed by atoms with Crippen LogP contribution >= 0.6 is 0 Å². The van der Waals surface area contributed by atoms with Crippen molar-refractivity contribution < 1.29 is 9.59 Å². The smallest absolute Gasteiger partial charge is 0.257 e. The van der Waals surface area contributed by atoms with E-state index in [-0.39, 0.29) is 17.9 Å². The van der Waals surface area contributed by atoms with Gasteiger partial charge in [0.1, 0.15) is 5.54 Å². The lowest BCUT2D eigenvalue weighted by Gasteiger charge is -2.35. The fourth-order valence-corrected chi connectivity index (χ4v) is 5.60. The lowest BCUT2D eigenvalue weighted by molar-refractivity contribution is -0.131. The first-order chi connectivity index (χ1) is 15.5. The van der Waals surface area contributed by atoms with Crippen LogP contribution < -0.4 is 11.1 Å². The molecule has 0 aromatic heterocycles. The van der Waals surface area contributed by atoms with Crippen LogP contribution in [0.15, 0.2) is 47.0 Å². The third-order valence-corrected chi connectivity index (χ3v) is 7.40. The Morgan fingerprint density at radius 3 is 2.72 bits per heavy atom. The molecule has 6 nitrogen and oxygen atoms in total. The summed E-state index contributed by atoms with van der Waals surface area (Å²) < 4.78 is 0. The maximum Gasteiger partial charge on any atom is 0.257 e. The Kier molecular flexibility index (Phi) is 6.97. The molecule has 2 aliphatic carbocycles. The van der Waals surface area contributed by atoms with Gasteiger partial charge in [0.15, 0.2) is 5.96 Å². The Morgan fingerprint density at radius 2 is 2.03 bits per heavy atom.